The zero-order valence-corrected chi connectivity index (χ0v) is 24.8. The third kappa shape index (κ3) is 20.1. The Hall–Kier alpha value is -1.90. The molecule has 5 nitrogen and oxygen atoms in total. The Balaban J connectivity index is 1.94. The number of carbonyl (C=O) groups is 1. The Bertz CT molecular complexity index is 715. The zero-order valence-electron chi connectivity index (χ0n) is 24.8. The molecule has 0 aromatic heterocycles. The van der Waals surface area contributed by atoms with E-state index in [0.717, 1.165) is 51.6 Å². The van der Waals surface area contributed by atoms with Gasteiger partial charge in [-0.15, -0.1) is 0 Å². The van der Waals surface area contributed by atoms with Crippen molar-refractivity contribution in [3.63, 3.8) is 0 Å². The standard InChI is InChI=1S/C33H58N4O/c1-37(2)27-17-26-36-33(38)25-24-32(29-35)23-22-31(28-34)21-14-11-9-7-5-3-4-6-8-10-13-18-30-19-15-12-16-20-30/h12,15-16,19-20,31-32H,3-11,13-14,17-18,21-27,29,35H2,1-2H3,(H,36,38). The fourth-order valence-electron chi connectivity index (χ4n) is 5.09. The molecule has 1 rings (SSSR count). The maximum atomic E-state index is 12.1. The normalized spacial score (nSPS) is 12.8. The van der Waals surface area contributed by atoms with E-state index >= 15 is 0 Å². The molecule has 0 saturated heterocycles. The van der Waals surface area contributed by atoms with Crippen molar-refractivity contribution in [2.24, 2.45) is 17.6 Å². The molecule has 2 unspecified atom stereocenters. The molecule has 0 bridgehead atoms. The van der Waals surface area contributed by atoms with Crippen LogP contribution >= 0.6 is 0 Å². The number of nitrogens with one attached hydrogen (secondary N) is 1. The number of aryl methyl sites for hydroxylation is 1. The van der Waals surface area contributed by atoms with Crippen LogP contribution in [0.25, 0.3) is 0 Å². The summed E-state index contributed by atoms with van der Waals surface area (Å²) in [4.78, 5) is 14.2. The van der Waals surface area contributed by atoms with Gasteiger partial charge in [0.2, 0.25) is 5.91 Å². The van der Waals surface area contributed by atoms with Crippen molar-refractivity contribution >= 4 is 5.91 Å². The highest BCUT2D eigenvalue weighted by Crippen LogP contribution is 2.21. The molecule has 5 heteroatoms. The van der Waals surface area contributed by atoms with E-state index in [0.29, 0.717) is 18.9 Å². The Morgan fingerprint density at radius 1 is 0.842 bits per heavy atom. The number of unbranched alkanes of at least 4 members (excludes halogenated alkanes) is 10. The van der Waals surface area contributed by atoms with Crippen molar-refractivity contribution in [2.75, 3.05) is 33.7 Å². The van der Waals surface area contributed by atoms with Gasteiger partial charge in [0.25, 0.3) is 0 Å². The molecule has 0 aliphatic rings. The summed E-state index contributed by atoms with van der Waals surface area (Å²) in [6.45, 7) is 2.31. The van der Waals surface area contributed by atoms with Gasteiger partial charge in [0.15, 0.2) is 0 Å². The predicted molar refractivity (Wildman–Crippen MR) is 162 cm³/mol. The van der Waals surface area contributed by atoms with Crippen LogP contribution in [0.1, 0.15) is 115 Å². The summed E-state index contributed by atoms with van der Waals surface area (Å²) in [5.74, 6) is 0.589. The lowest BCUT2D eigenvalue weighted by Gasteiger charge is -2.17. The zero-order chi connectivity index (χ0) is 27.7. The van der Waals surface area contributed by atoms with Gasteiger partial charge < -0.3 is 16.0 Å². The SMILES string of the molecule is CN(C)CCCNC(=O)CCC(CN)CCC(C#N)CCCCCCCCCCCCCc1ccccc1. The van der Waals surface area contributed by atoms with Crippen molar-refractivity contribution in [3.8, 4) is 6.07 Å². The van der Waals surface area contributed by atoms with Crippen molar-refractivity contribution < 1.29 is 4.79 Å². The molecular weight excluding hydrogens is 468 g/mol. The first-order valence-electron chi connectivity index (χ1n) is 15.6. The van der Waals surface area contributed by atoms with E-state index in [2.05, 4.69) is 46.6 Å². The average molecular weight is 527 g/mol. The van der Waals surface area contributed by atoms with E-state index < -0.39 is 0 Å². The van der Waals surface area contributed by atoms with E-state index in [4.69, 9.17) is 5.73 Å². The minimum absolute atomic E-state index is 0.123. The fraction of sp³-hybridized carbons (Fsp3) is 0.758. The number of hydrogen-bond donors (Lipinski definition) is 2. The number of rotatable bonds is 25. The van der Waals surface area contributed by atoms with Crippen molar-refractivity contribution in [1.82, 2.24) is 10.2 Å². The Kier molecular flexibility index (Phi) is 21.7. The Morgan fingerprint density at radius 3 is 2.03 bits per heavy atom. The minimum atomic E-state index is 0.123. The summed E-state index contributed by atoms with van der Waals surface area (Å²) in [5.41, 5.74) is 7.43. The summed E-state index contributed by atoms with van der Waals surface area (Å²) in [6, 6.07) is 13.3. The van der Waals surface area contributed by atoms with E-state index in [1.54, 1.807) is 0 Å². The van der Waals surface area contributed by atoms with Crippen LogP contribution in [0.2, 0.25) is 0 Å². The molecule has 0 spiro atoms. The molecular formula is C33H58N4O. The highest BCUT2D eigenvalue weighted by molar-refractivity contribution is 5.75. The molecule has 3 N–H and O–H groups in total. The molecule has 0 aliphatic carbocycles. The van der Waals surface area contributed by atoms with E-state index in [1.807, 2.05) is 14.1 Å². The van der Waals surface area contributed by atoms with Gasteiger partial charge in [0, 0.05) is 18.9 Å². The van der Waals surface area contributed by atoms with Crippen LogP contribution in [-0.2, 0) is 11.2 Å². The number of nitriles is 1. The third-order valence-corrected chi connectivity index (χ3v) is 7.68. The fourth-order valence-corrected chi connectivity index (χ4v) is 5.09. The van der Waals surface area contributed by atoms with Crippen LogP contribution in [0, 0.1) is 23.2 Å². The lowest BCUT2D eigenvalue weighted by molar-refractivity contribution is -0.121. The molecule has 216 valence electrons. The first-order valence-corrected chi connectivity index (χ1v) is 15.6. The first-order chi connectivity index (χ1) is 18.5. The van der Waals surface area contributed by atoms with Gasteiger partial charge in [-0.25, -0.2) is 0 Å². The highest BCUT2D eigenvalue weighted by Gasteiger charge is 2.14. The van der Waals surface area contributed by atoms with Gasteiger partial charge in [-0.05, 0) is 83.6 Å². The maximum Gasteiger partial charge on any atom is 0.220 e. The lowest BCUT2D eigenvalue weighted by Crippen LogP contribution is -2.28. The van der Waals surface area contributed by atoms with Crippen LogP contribution < -0.4 is 11.1 Å². The van der Waals surface area contributed by atoms with Crippen molar-refractivity contribution in [3.05, 3.63) is 35.9 Å². The largest absolute Gasteiger partial charge is 0.356 e. The van der Waals surface area contributed by atoms with Gasteiger partial charge >= 0.3 is 0 Å². The van der Waals surface area contributed by atoms with Crippen LogP contribution in [0.3, 0.4) is 0 Å². The minimum Gasteiger partial charge on any atom is -0.356 e. The van der Waals surface area contributed by atoms with Crippen LogP contribution in [-0.4, -0.2) is 44.5 Å². The van der Waals surface area contributed by atoms with Crippen LogP contribution in [0.4, 0.5) is 0 Å². The number of hydrogen-bond acceptors (Lipinski definition) is 4. The number of benzene rings is 1. The maximum absolute atomic E-state index is 12.1. The molecule has 0 fully saturated rings. The summed E-state index contributed by atoms with van der Waals surface area (Å²) in [7, 11) is 4.08. The number of amides is 1. The molecule has 0 heterocycles. The van der Waals surface area contributed by atoms with Gasteiger partial charge in [0.1, 0.15) is 0 Å². The quantitative estimate of drug-likeness (QED) is 0.131. The summed E-state index contributed by atoms with van der Waals surface area (Å²) in [5, 5.41) is 12.6. The Labute approximate surface area is 234 Å². The smallest absolute Gasteiger partial charge is 0.220 e. The topological polar surface area (TPSA) is 82.2 Å². The second-order valence-electron chi connectivity index (χ2n) is 11.5. The summed E-state index contributed by atoms with van der Waals surface area (Å²) < 4.78 is 0. The average Bonchev–Trinajstić information content (AvgIpc) is 2.92. The second kappa shape index (κ2) is 24.2. The van der Waals surface area contributed by atoms with Gasteiger partial charge in [-0.1, -0.05) is 94.5 Å². The second-order valence-corrected chi connectivity index (χ2v) is 11.5. The van der Waals surface area contributed by atoms with Gasteiger partial charge in [-0.3, -0.25) is 4.79 Å². The van der Waals surface area contributed by atoms with Crippen LogP contribution in [0.15, 0.2) is 30.3 Å². The van der Waals surface area contributed by atoms with E-state index in [9.17, 15) is 10.1 Å². The first kappa shape index (κ1) is 34.1. The van der Waals surface area contributed by atoms with E-state index in [-0.39, 0.29) is 11.8 Å². The third-order valence-electron chi connectivity index (χ3n) is 7.68. The van der Waals surface area contributed by atoms with Crippen molar-refractivity contribution in [2.45, 2.75) is 116 Å². The molecule has 0 aliphatic heterocycles. The molecule has 0 radical (unpaired) electrons. The summed E-state index contributed by atoms with van der Waals surface area (Å²) >= 11 is 0. The molecule has 1 aromatic carbocycles. The monoisotopic (exact) mass is 526 g/mol. The summed E-state index contributed by atoms with van der Waals surface area (Å²) in [6.07, 6.45) is 21.0. The molecule has 38 heavy (non-hydrogen) atoms. The Morgan fingerprint density at radius 2 is 1.45 bits per heavy atom. The van der Waals surface area contributed by atoms with Crippen LogP contribution in [0.5, 0.6) is 0 Å². The molecule has 0 saturated carbocycles. The van der Waals surface area contributed by atoms with Crippen molar-refractivity contribution in [1.29, 1.82) is 5.26 Å². The van der Waals surface area contributed by atoms with E-state index in [1.165, 1.54) is 76.2 Å². The predicted octanol–water partition coefficient (Wildman–Crippen LogP) is 7.25. The molecule has 2 atom stereocenters. The number of nitrogens with zero attached hydrogens (tertiary/aromatic N) is 2. The number of nitrogens with two attached hydrogens (primary N) is 1. The lowest BCUT2D eigenvalue weighted by atomic mass is 9.90. The molecule has 1 aromatic rings. The van der Waals surface area contributed by atoms with Gasteiger partial charge in [-0.2, -0.15) is 5.26 Å². The number of carbonyl (C=O) groups excluding carboxylic acids is 1. The highest BCUT2D eigenvalue weighted by atomic mass is 16.1. The molecule has 1 amide bonds. The van der Waals surface area contributed by atoms with Gasteiger partial charge in [0.05, 0.1) is 6.07 Å².